The normalized spacial score (nSPS) is 12.0. The molecule has 0 saturated heterocycles. The number of furan rings is 1. The number of hydrogen-bond donors (Lipinski definition) is 0. The van der Waals surface area contributed by atoms with E-state index in [0.717, 1.165) is 50.0 Å². The average molecular weight is 594 g/mol. The molecule has 0 bridgehead atoms. The number of benzene rings is 6. The molecular weight excluding hydrogens is 571 g/mol. The summed E-state index contributed by atoms with van der Waals surface area (Å²) in [6.07, 6.45) is 0. The van der Waals surface area contributed by atoms with Crippen molar-refractivity contribution in [3.63, 3.8) is 0 Å². The molecule has 0 saturated carbocycles. The first-order valence-electron chi connectivity index (χ1n) is 15.0. The van der Waals surface area contributed by atoms with Gasteiger partial charge in [0.15, 0.2) is 11.4 Å². The Labute approximate surface area is 261 Å². The smallest absolute Gasteiger partial charge is 0.180 e. The number of aromatic nitrogens is 3. The quantitative estimate of drug-likeness (QED) is 0.205. The summed E-state index contributed by atoms with van der Waals surface area (Å²) in [6, 6.07) is 48.8. The van der Waals surface area contributed by atoms with Crippen molar-refractivity contribution < 1.29 is 4.42 Å². The zero-order chi connectivity index (χ0) is 29.5. The number of fused-ring (bicyclic) bond motifs is 10. The van der Waals surface area contributed by atoms with Gasteiger partial charge >= 0.3 is 0 Å². The molecule has 4 aromatic heterocycles. The monoisotopic (exact) mass is 593 g/mol. The molecule has 45 heavy (non-hydrogen) atoms. The van der Waals surface area contributed by atoms with Gasteiger partial charge in [0, 0.05) is 47.5 Å². The van der Waals surface area contributed by atoms with Gasteiger partial charge in [-0.1, -0.05) is 91.0 Å². The van der Waals surface area contributed by atoms with Crippen LogP contribution in [0, 0.1) is 0 Å². The lowest BCUT2D eigenvalue weighted by molar-refractivity contribution is 0.667. The van der Waals surface area contributed by atoms with Gasteiger partial charge in [-0.05, 0) is 48.5 Å². The van der Waals surface area contributed by atoms with Crippen LogP contribution in [0.15, 0.2) is 144 Å². The zero-order valence-electron chi connectivity index (χ0n) is 23.9. The first kappa shape index (κ1) is 24.6. The number of thiophene rings is 1. The fourth-order valence-electron chi connectivity index (χ4n) is 6.89. The van der Waals surface area contributed by atoms with E-state index in [1.54, 1.807) is 0 Å². The second-order valence-electron chi connectivity index (χ2n) is 11.3. The third-order valence-electron chi connectivity index (χ3n) is 8.83. The molecule has 4 nitrogen and oxygen atoms in total. The lowest BCUT2D eigenvalue weighted by atomic mass is 10.1. The van der Waals surface area contributed by atoms with Crippen molar-refractivity contribution in [3.05, 3.63) is 140 Å². The molecule has 0 aliphatic heterocycles. The van der Waals surface area contributed by atoms with Crippen molar-refractivity contribution in [1.29, 1.82) is 0 Å². The Hall–Kier alpha value is -5.78. The highest BCUT2D eigenvalue weighted by atomic mass is 32.1. The molecule has 4 heterocycles. The predicted molar refractivity (Wildman–Crippen MR) is 187 cm³/mol. The summed E-state index contributed by atoms with van der Waals surface area (Å²) in [5, 5.41) is 6.10. The average Bonchev–Trinajstić information content (AvgIpc) is 3.77. The fourth-order valence-corrected chi connectivity index (χ4v) is 8.01. The summed E-state index contributed by atoms with van der Waals surface area (Å²) in [4.78, 5) is 10.4. The third kappa shape index (κ3) is 3.53. The minimum Gasteiger partial charge on any atom is -0.452 e. The van der Waals surface area contributed by atoms with E-state index in [-0.39, 0.29) is 0 Å². The van der Waals surface area contributed by atoms with Gasteiger partial charge < -0.3 is 8.98 Å². The third-order valence-corrected chi connectivity index (χ3v) is 9.97. The molecule has 0 aliphatic rings. The predicted octanol–water partition coefficient (Wildman–Crippen LogP) is 11.2. The number of rotatable bonds is 3. The summed E-state index contributed by atoms with van der Waals surface area (Å²) in [7, 11) is 0. The molecule has 0 amide bonds. The summed E-state index contributed by atoms with van der Waals surface area (Å²) in [6.45, 7) is 0. The van der Waals surface area contributed by atoms with Crippen molar-refractivity contribution in [1.82, 2.24) is 14.5 Å². The lowest BCUT2D eigenvalue weighted by Gasteiger charge is -2.14. The number of hydrogen-bond acceptors (Lipinski definition) is 4. The van der Waals surface area contributed by atoms with E-state index in [4.69, 9.17) is 14.4 Å². The van der Waals surface area contributed by atoms with Gasteiger partial charge in [0.2, 0.25) is 0 Å². The highest BCUT2D eigenvalue weighted by molar-refractivity contribution is 7.26. The summed E-state index contributed by atoms with van der Waals surface area (Å²) in [5.74, 6) is 0.663. The Bertz CT molecular complexity index is 2770. The second-order valence-corrected chi connectivity index (χ2v) is 12.4. The minimum atomic E-state index is 0.663. The Morgan fingerprint density at radius 2 is 1.27 bits per heavy atom. The van der Waals surface area contributed by atoms with Crippen LogP contribution < -0.4 is 0 Å². The van der Waals surface area contributed by atoms with E-state index in [2.05, 4.69) is 108 Å². The first-order chi connectivity index (χ1) is 22.3. The summed E-state index contributed by atoms with van der Waals surface area (Å²) in [5.41, 5.74) is 8.41. The topological polar surface area (TPSA) is 43.9 Å². The van der Waals surface area contributed by atoms with E-state index in [1.807, 2.05) is 47.7 Å². The van der Waals surface area contributed by atoms with Crippen molar-refractivity contribution in [2.24, 2.45) is 0 Å². The molecule has 0 fully saturated rings. The highest BCUT2D eigenvalue weighted by Gasteiger charge is 2.22. The number of nitrogens with zero attached hydrogens (tertiary/aromatic N) is 3. The van der Waals surface area contributed by atoms with Crippen molar-refractivity contribution >= 4 is 75.4 Å². The van der Waals surface area contributed by atoms with Gasteiger partial charge in [-0.2, -0.15) is 0 Å². The van der Waals surface area contributed by atoms with Crippen LogP contribution in [-0.4, -0.2) is 14.5 Å². The Balaban J connectivity index is 1.32. The Kier molecular flexibility index (Phi) is 5.12. The highest BCUT2D eigenvalue weighted by Crippen LogP contribution is 2.44. The van der Waals surface area contributed by atoms with Crippen LogP contribution in [0.5, 0.6) is 0 Å². The first-order valence-corrected chi connectivity index (χ1v) is 15.8. The van der Waals surface area contributed by atoms with Gasteiger partial charge in [-0.25, -0.2) is 9.97 Å². The maximum absolute atomic E-state index is 6.39. The summed E-state index contributed by atoms with van der Waals surface area (Å²) >= 11 is 1.85. The van der Waals surface area contributed by atoms with Crippen LogP contribution >= 0.6 is 11.3 Å². The SMILES string of the molecule is c1ccc(-c2nc(-c3ccccc3-n3c4ccccc4c4c5c(ccc43)sc3ccccc35)nc3c2oc2ccccc23)cc1. The molecule has 0 N–H and O–H groups in total. The van der Waals surface area contributed by atoms with Crippen LogP contribution in [0.2, 0.25) is 0 Å². The van der Waals surface area contributed by atoms with Gasteiger partial charge in [0.25, 0.3) is 0 Å². The van der Waals surface area contributed by atoms with Crippen molar-refractivity contribution in [3.8, 4) is 28.3 Å². The van der Waals surface area contributed by atoms with Crippen LogP contribution in [0.4, 0.5) is 0 Å². The van der Waals surface area contributed by atoms with Gasteiger partial charge in [0.1, 0.15) is 16.8 Å². The van der Waals surface area contributed by atoms with Crippen LogP contribution in [0.1, 0.15) is 0 Å². The summed E-state index contributed by atoms with van der Waals surface area (Å²) < 4.78 is 11.4. The van der Waals surface area contributed by atoms with E-state index in [1.165, 1.54) is 30.9 Å². The van der Waals surface area contributed by atoms with Crippen LogP contribution in [-0.2, 0) is 0 Å². The maximum atomic E-state index is 6.39. The van der Waals surface area contributed by atoms with Gasteiger partial charge in [-0.3, -0.25) is 0 Å². The van der Waals surface area contributed by atoms with Gasteiger partial charge in [-0.15, -0.1) is 11.3 Å². The molecule has 0 atom stereocenters. The lowest BCUT2D eigenvalue weighted by Crippen LogP contribution is -2.00. The Morgan fingerprint density at radius 1 is 0.533 bits per heavy atom. The molecule has 0 radical (unpaired) electrons. The molecule has 210 valence electrons. The fraction of sp³-hybridized carbons (Fsp3) is 0. The maximum Gasteiger partial charge on any atom is 0.180 e. The standard InChI is InChI=1S/C40H23N3OS/c1-2-12-24(13-3-1)37-39-38(27-16-6-10-20-32(27)44-39)42-40(41-37)26-15-5-9-19-30(26)43-29-18-8-4-14-25(29)35-31(43)22-23-34-36(35)28-17-7-11-21-33(28)45-34/h1-23H. The number of para-hydroxylation sites is 3. The molecule has 0 unspecified atom stereocenters. The van der Waals surface area contributed by atoms with Gasteiger partial charge in [0.05, 0.1) is 16.7 Å². The van der Waals surface area contributed by atoms with Crippen LogP contribution in [0.3, 0.4) is 0 Å². The van der Waals surface area contributed by atoms with Crippen LogP contribution in [0.25, 0.3) is 92.4 Å². The van der Waals surface area contributed by atoms with E-state index in [9.17, 15) is 0 Å². The van der Waals surface area contributed by atoms with E-state index >= 15 is 0 Å². The molecule has 6 aromatic carbocycles. The minimum absolute atomic E-state index is 0.663. The van der Waals surface area contributed by atoms with Crippen molar-refractivity contribution in [2.45, 2.75) is 0 Å². The van der Waals surface area contributed by atoms with E-state index in [0.29, 0.717) is 11.4 Å². The molecule has 5 heteroatoms. The van der Waals surface area contributed by atoms with E-state index < -0.39 is 0 Å². The van der Waals surface area contributed by atoms with Crippen molar-refractivity contribution in [2.75, 3.05) is 0 Å². The molecule has 0 spiro atoms. The molecule has 0 aliphatic carbocycles. The molecular formula is C40H23N3OS. The molecule has 10 rings (SSSR count). The Morgan fingerprint density at radius 3 is 2.18 bits per heavy atom. The zero-order valence-corrected chi connectivity index (χ0v) is 24.8. The molecule has 10 aromatic rings. The second kappa shape index (κ2) is 9.36. The largest absolute Gasteiger partial charge is 0.452 e.